The molecule has 0 bridgehead atoms. The first-order chi connectivity index (χ1) is 7.99. The van der Waals surface area contributed by atoms with Gasteiger partial charge in [-0.2, -0.15) is 0 Å². The number of nitrogens with zero attached hydrogens (tertiary/aromatic N) is 1. The summed E-state index contributed by atoms with van der Waals surface area (Å²) < 4.78 is 25.8. The Labute approximate surface area is 105 Å². The summed E-state index contributed by atoms with van der Waals surface area (Å²) in [6.45, 7) is 0. The van der Waals surface area contributed by atoms with Crippen LogP contribution >= 0.6 is 23.2 Å². The van der Waals surface area contributed by atoms with Gasteiger partial charge in [-0.25, -0.2) is 13.5 Å². The maximum atomic E-state index is 12.4. The summed E-state index contributed by atoms with van der Waals surface area (Å²) in [7, 11) is 0. The van der Waals surface area contributed by atoms with Gasteiger partial charge < -0.3 is 0 Å². The number of hydrogen-bond donors (Lipinski definition) is 1. The van der Waals surface area contributed by atoms with Crippen LogP contribution in [-0.4, -0.2) is 9.78 Å². The standard InChI is InChI=1S/C10H6Cl2F2N2O/c11-5-1-2-8(6(12)3-5)16-9(17)4-7(15-16)10(13)14/h1-4,10,15H. The largest absolute Gasteiger partial charge is 0.289 e. The zero-order chi connectivity index (χ0) is 12.6. The van der Waals surface area contributed by atoms with Gasteiger partial charge in [-0.1, -0.05) is 23.2 Å². The minimum atomic E-state index is -2.74. The number of halogens is 4. The van der Waals surface area contributed by atoms with Crippen LogP contribution < -0.4 is 5.56 Å². The first-order valence-corrected chi connectivity index (χ1v) is 5.30. The monoisotopic (exact) mass is 278 g/mol. The van der Waals surface area contributed by atoms with E-state index in [4.69, 9.17) is 23.2 Å². The van der Waals surface area contributed by atoms with Crippen molar-refractivity contribution in [2.45, 2.75) is 6.43 Å². The van der Waals surface area contributed by atoms with E-state index >= 15 is 0 Å². The van der Waals surface area contributed by atoms with Crippen LogP contribution in [0.4, 0.5) is 8.78 Å². The van der Waals surface area contributed by atoms with Crippen molar-refractivity contribution in [3.63, 3.8) is 0 Å². The molecule has 1 N–H and O–H groups in total. The zero-order valence-electron chi connectivity index (χ0n) is 8.25. The van der Waals surface area contributed by atoms with Crippen molar-refractivity contribution in [2.75, 3.05) is 0 Å². The van der Waals surface area contributed by atoms with Gasteiger partial charge in [-0.15, -0.1) is 0 Å². The van der Waals surface area contributed by atoms with E-state index in [-0.39, 0.29) is 10.7 Å². The van der Waals surface area contributed by atoms with Crippen molar-refractivity contribution in [1.29, 1.82) is 0 Å². The fourth-order valence-corrected chi connectivity index (χ4v) is 1.86. The van der Waals surface area contributed by atoms with Gasteiger partial charge in [0.05, 0.1) is 10.7 Å². The Bertz CT molecular complexity index is 607. The van der Waals surface area contributed by atoms with E-state index < -0.39 is 17.7 Å². The van der Waals surface area contributed by atoms with Crippen LogP contribution in [-0.2, 0) is 0 Å². The molecule has 0 saturated carbocycles. The summed E-state index contributed by atoms with van der Waals surface area (Å²) in [6, 6.07) is 5.24. The molecular formula is C10H6Cl2F2N2O. The van der Waals surface area contributed by atoms with E-state index in [1.54, 1.807) is 0 Å². The maximum absolute atomic E-state index is 12.4. The highest BCUT2D eigenvalue weighted by molar-refractivity contribution is 6.35. The lowest BCUT2D eigenvalue weighted by atomic mass is 10.3. The Morgan fingerprint density at radius 3 is 2.47 bits per heavy atom. The molecule has 0 unspecified atom stereocenters. The van der Waals surface area contributed by atoms with Gasteiger partial charge in [-0.05, 0) is 18.2 Å². The van der Waals surface area contributed by atoms with Crippen molar-refractivity contribution in [1.82, 2.24) is 9.78 Å². The molecule has 1 aromatic carbocycles. The number of rotatable bonds is 2. The van der Waals surface area contributed by atoms with Gasteiger partial charge in [0.2, 0.25) is 0 Å². The maximum Gasteiger partial charge on any atom is 0.279 e. The van der Waals surface area contributed by atoms with Crippen LogP contribution in [0.15, 0.2) is 29.1 Å². The molecule has 0 aliphatic rings. The number of hydrogen-bond acceptors (Lipinski definition) is 1. The first kappa shape index (κ1) is 12.1. The molecule has 1 heterocycles. The van der Waals surface area contributed by atoms with E-state index in [2.05, 4.69) is 5.10 Å². The van der Waals surface area contributed by atoms with E-state index in [9.17, 15) is 13.6 Å². The number of aromatic amines is 1. The third-order valence-corrected chi connectivity index (χ3v) is 2.66. The fourth-order valence-electron chi connectivity index (χ4n) is 1.37. The van der Waals surface area contributed by atoms with Gasteiger partial charge in [0.25, 0.3) is 12.0 Å². The molecule has 2 aromatic rings. The molecule has 0 aliphatic carbocycles. The third-order valence-electron chi connectivity index (χ3n) is 2.13. The molecule has 7 heteroatoms. The molecule has 0 saturated heterocycles. The van der Waals surface area contributed by atoms with Crippen LogP contribution in [0.1, 0.15) is 12.1 Å². The predicted molar refractivity (Wildman–Crippen MR) is 61.4 cm³/mol. The minimum absolute atomic E-state index is 0.197. The molecule has 0 spiro atoms. The summed E-state index contributed by atoms with van der Waals surface area (Å²) >= 11 is 11.6. The van der Waals surface area contributed by atoms with Crippen molar-refractivity contribution < 1.29 is 8.78 Å². The molecule has 0 atom stereocenters. The number of H-pyrrole nitrogens is 1. The normalized spacial score (nSPS) is 11.1. The molecule has 17 heavy (non-hydrogen) atoms. The topological polar surface area (TPSA) is 37.8 Å². The zero-order valence-corrected chi connectivity index (χ0v) is 9.77. The highest BCUT2D eigenvalue weighted by atomic mass is 35.5. The van der Waals surface area contributed by atoms with Crippen LogP contribution in [0.2, 0.25) is 10.0 Å². The highest BCUT2D eigenvalue weighted by Gasteiger charge is 2.14. The average molecular weight is 279 g/mol. The van der Waals surface area contributed by atoms with E-state index in [1.807, 2.05) is 0 Å². The van der Waals surface area contributed by atoms with Gasteiger partial charge in [-0.3, -0.25) is 9.89 Å². The Morgan fingerprint density at radius 1 is 1.24 bits per heavy atom. The summed E-state index contributed by atoms with van der Waals surface area (Å²) in [4.78, 5) is 11.5. The lowest BCUT2D eigenvalue weighted by molar-refractivity contribution is 0.145. The Morgan fingerprint density at radius 2 is 1.94 bits per heavy atom. The van der Waals surface area contributed by atoms with Crippen LogP contribution in [0, 0.1) is 0 Å². The quantitative estimate of drug-likeness (QED) is 0.898. The van der Waals surface area contributed by atoms with Crippen molar-refractivity contribution in [3.8, 4) is 5.69 Å². The van der Waals surface area contributed by atoms with Crippen molar-refractivity contribution in [2.24, 2.45) is 0 Å². The van der Waals surface area contributed by atoms with Crippen LogP contribution in [0.5, 0.6) is 0 Å². The summed E-state index contributed by atoms with van der Waals surface area (Å²) in [5.41, 5.74) is -0.793. The van der Waals surface area contributed by atoms with Gasteiger partial charge in [0, 0.05) is 11.1 Å². The number of aromatic nitrogens is 2. The molecule has 0 aliphatic heterocycles. The molecule has 0 amide bonds. The van der Waals surface area contributed by atoms with Crippen LogP contribution in [0.3, 0.4) is 0 Å². The van der Waals surface area contributed by atoms with E-state index in [0.717, 1.165) is 10.7 Å². The summed E-state index contributed by atoms with van der Waals surface area (Å²) in [6.07, 6.45) is -2.74. The molecule has 0 fully saturated rings. The summed E-state index contributed by atoms with van der Waals surface area (Å²) in [5, 5.41) is 2.88. The molecule has 0 radical (unpaired) electrons. The van der Waals surface area contributed by atoms with Crippen LogP contribution in [0.25, 0.3) is 5.69 Å². The Kier molecular flexibility index (Phi) is 3.22. The van der Waals surface area contributed by atoms with Gasteiger partial charge in [0.1, 0.15) is 5.69 Å². The smallest absolute Gasteiger partial charge is 0.279 e. The number of alkyl halides is 2. The first-order valence-electron chi connectivity index (χ1n) is 4.54. The van der Waals surface area contributed by atoms with Gasteiger partial charge >= 0.3 is 0 Å². The van der Waals surface area contributed by atoms with Crippen molar-refractivity contribution >= 4 is 23.2 Å². The molecule has 3 nitrogen and oxygen atoms in total. The number of benzene rings is 1. The molecule has 2 rings (SSSR count). The average Bonchev–Trinajstić information content (AvgIpc) is 2.61. The molecule has 1 aromatic heterocycles. The van der Waals surface area contributed by atoms with E-state index in [1.165, 1.54) is 18.2 Å². The summed E-state index contributed by atoms with van der Waals surface area (Å²) in [5.74, 6) is 0. The van der Waals surface area contributed by atoms with E-state index in [0.29, 0.717) is 5.02 Å². The molecule has 90 valence electrons. The second-order valence-electron chi connectivity index (χ2n) is 3.28. The molecular weight excluding hydrogens is 273 g/mol. The van der Waals surface area contributed by atoms with Crippen molar-refractivity contribution in [3.05, 3.63) is 50.4 Å². The fraction of sp³-hybridized carbons (Fsp3) is 0.100. The highest BCUT2D eigenvalue weighted by Crippen LogP contribution is 2.24. The second-order valence-corrected chi connectivity index (χ2v) is 4.13. The lowest BCUT2D eigenvalue weighted by Crippen LogP contribution is -2.13. The Balaban J connectivity index is 2.57. The Hall–Kier alpha value is -1.33. The van der Waals surface area contributed by atoms with Gasteiger partial charge in [0.15, 0.2) is 0 Å². The third kappa shape index (κ3) is 2.35. The second kappa shape index (κ2) is 4.50. The minimum Gasteiger partial charge on any atom is -0.289 e. The SMILES string of the molecule is O=c1cc(C(F)F)[nH]n1-c1ccc(Cl)cc1Cl. The predicted octanol–water partition coefficient (Wildman–Crippen LogP) is 3.41. The number of nitrogens with one attached hydrogen (secondary N) is 1. The lowest BCUT2D eigenvalue weighted by Gasteiger charge is -2.04.